The average Bonchev–Trinajstić information content (AvgIpc) is 2.63. The minimum absolute atomic E-state index is 0.0991. The van der Waals surface area contributed by atoms with Crippen molar-refractivity contribution in [3.63, 3.8) is 0 Å². The topological polar surface area (TPSA) is 61.0 Å². The van der Waals surface area contributed by atoms with Gasteiger partial charge >= 0.3 is 0 Å². The van der Waals surface area contributed by atoms with Crippen LogP contribution in [-0.2, 0) is 0 Å². The van der Waals surface area contributed by atoms with Crippen LogP contribution in [0.3, 0.4) is 0 Å². The van der Waals surface area contributed by atoms with Gasteiger partial charge in [0.1, 0.15) is 5.69 Å². The molecule has 6 heteroatoms. The normalized spacial score (nSPS) is 10.4. The fraction of sp³-hybridized carbons (Fsp3) is 0.100. The van der Waals surface area contributed by atoms with Crippen LogP contribution >= 0.6 is 22.6 Å². The van der Waals surface area contributed by atoms with Gasteiger partial charge in [-0.3, -0.25) is 10.1 Å². The second-order valence-electron chi connectivity index (χ2n) is 3.30. The van der Waals surface area contributed by atoms with Gasteiger partial charge in [0, 0.05) is 11.8 Å². The zero-order valence-electron chi connectivity index (χ0n) is 8.42. The van der Waals surface area contributed by atoms with Gasteiger partial charge in [0.15, 0.2) is 0 Å². The van der Waals surface area contributed by atoms with E-state index in [1.807, 2.05) is 0 Å². The second kappa shape index (κ2) is 4.20. The summed E-state index contributed by atoms with van der Waals surface area (Å²) in [6, 6.07) is 5.19. The van der Waals surface area contributed by atoms with E-state index in [0.717, 1.165) is 3.57 Å². The third-order valence-corrected chi connectivity index (χ3v) is 2.75. The number of nitrogens with zero attached hydrogens (tertiary/aromatic N) is 3. The molecule has 0 bridgehead atoms. The van der Waals surface area contributed by atoms with Crippen molar-refractivity contribution >= 4 is 28.3 Å². The van der Waals surface area contributed by atoms with Gasteiger partial charge in [-0.15, -0.1) is 0 Å². The number of para-hydroxylation sites is 1. The van der Waals surface area contributed by atoms with Gasteiger partial charge in [-0.25, -0.2) is 4.68 Å². The summed E-state index contributed by atoms with van der Waals surface area (Å²) in [6.07, 6.45) is 3.41. The first kappa shape index (κ1) is 11.1. The summed E-state index contributed by atoms with van der Waals surface area (Å²) in [4.78, 5) is 10.6. The monoisotopic (exact) mass is 329 g/mol. The largest absolute Gasteiger partial charge is 0.297 e. The van der Waals surface area contributed by atoms with Crippen molar-refractivity contribution in [3.05, 3.63) is 49.8 Å². The Bertz CT molecular complexity index is 551. The molecule has 0 saturated heterocycles. The molecule has 0 saturated carbocycles. The Morgan fingerprint density at radius 3 is 2.81 bits per heavy atom. The number of benzene rings is 1. The van der Waals surface area contributed by atoms with E-state index in [0.29, 0.717) is 11.3 Å². The number of halogens is 1. The van der Waals surface area contributed by atoms with Crippen molar-refractivity contribution in [1.82, 2.24) is 9.78 Å². The van der Waals surface area contributed by atoms with Gasteiger partial charge in [-0.2, -0.15) is 5.10 Å². The lowest BCUT2D eigenvalue weighted by atomic mass is 10.2. The van der Waals surface area contributed by atoms with Crippen LogP contribution < -0.4 is 0 Å². The maximum Gasteiger partial charge on any atom is 0.297 e. The average molecular weight is 329 g/mol. The van der Waals surface area contributed by atoms with Crippen LogP contribution in [0.15, 0.2) is 30.6 Å². The zero-order valence-corrected chi connectivity index (χ0v) is 10.6. The van der Waals surface area contributed by atoms with E-state index >= 15 is 0 Å². The lowest BCUT2D eigenvalue weighted by Gasteiger charge is -2.04. The molecule has 5 nitrogen and oxygen atoms in total. The molecule has 0 atom stereocenters. The molecule has 0 fully saturated rings. The Morgan fingerprint density at radius 2 is 2.25 bits per heavy atom. The first-order valence-electron chi connectivity index (χ1n) is 4.54. The molecule has 0 amide bonds. The highest BCUT2D eigenvalue weighted by atomic mass is 127. The van der Waals surface area contributed by atoms with Crippen LogP contribution in [-0.4, -0.2) is 14.7 Å². The molecule has 0 aliphatic carbocycles. The number of aryl methyl sites for hydroxylation is 1. The molecule has 0 aliphatic heterocycles. The smallest absolute Gasteiger partial charge is 0.258 e. The van der Waals surface area contributed by atoms with Gasteiger partial charge in [0.05, 0.1) is 14.7 Å². The molecule has 0 spiro atoms. The summed E-state index contributed by atoms with van der Waals surface area (Å²) in [6.45, 7) is 1.72. The molecule has 82 valence electrons. The Morgan fingerprint density at radius 1 is 1.50 bits per heavy atom. The first-order chi connectivity index (χ1) is 7.59. The van der Waals surface area contributed by atoms with Crippen LogP contribution in [0.4, 0.5) is 5.69 Å². The summed E-state index contributed by atoms with van der Waals surface area (Å²) in [7, 11) is 0. The van der Waals surface area contributed by atoms with Crippen LogP contribution in [0.1, 0.15) is 5.56 Å². The van der Waals surface area contributed by atoms with Crippen molar-refractivity contribution in [2.45, 2.75) is 6.92 Å². The van der Waals surface area contributed by atoms with E-state index in [-0.39, 0.29) is 10.6 Å². The Hall–Kier alpha value is -1.44. The second-order valence-corrected chi connectivity index (χ2v) is 4.55. The fourth-order valence-electron chi connectivity index (χ4n) is 1.50. The highest BCUT2D eigenvalue weighted by Gasteiger charge is 2.18. The van der Waals surface area contributed by atoms with Crippen LogP contribution in [0.25, 0.3) is 5.69 Å². The molecule has 0 aliphatic rings. The van der Waals surface area contributed by atoms with Gasteiger partial charge in [-0.05, 0) is 35.6 Å². The quantitative estimate of drug-likeness (QED) is 0.483. The van der Waals surface area contributed by atoms with Crippen LogP contribution in [0, 0.1) is 20.6 Å². The molecular formula is C10H8IN3O2. The van der Waals surface area contributed by atoms with Crippen molar-refractivity contribution in [2.24, 2.45) is 0 Å². The summed E-state index contributed by atoms with van der Waals surface area (Å²) in [5.41, 5.74) is 1.22. The molecule has 0 N–H and O–H groups in total. The summed E-state index contributed by atoms with van der Waals surface area (Å²) >= 11 is 2.11. The zero-order chi connectivity index (χ0) is 11.7. The number of hydrogen-bond donors (Lipinski definition) is 0. The van der Waals surface area contributed by atoms with E-state index in [1.165, 1.54) is 4.68 Å². The summed E-state index contributed by atoms with van der Waals surface area (Å²) < 4.78 is 2.46. The van der Waals surface area contributed by atoms with E-state index in [4.69, 9.17) is 0 Å². The predicted octanol–water partition coefficient (Wildman–Crippen LogP) is 2.69. The molecule has 0 unspecified atom stereocenters. The standard InChI is InChI=1S/C10H8IN3O2/c1-7-3-2-4-9(10(7)14(15)16)13-6-8(11)5-12-13/h2-6H,1H3. The van der Waals surface area contributed by atoms with Crippen molar-refractivity contribution in [1.29, 1.82) is 0 Å². The lowest BCUT2D eigenvalue weighted by molar-refractivity contribution is -0.385. The number of nitro groups is 1. The lowest BCUT2D eigenvalue weighted by Crippen LogP contribution is -2.02. The Kier molecular flexibility index (Phi) is 2.90. The van der Waals surface area contributed by atoms with Gasteiger partial charge < -0.3 is 0 Å². The third-order valence-electron chi connectivity index (χ3n) is 2.20. The van der Waals surface area contributed by atoms with Gasteiger partial charge in [0.2, 0.25) is 0 Å². The predicted molar refractivity (Wildman–Crippen MR) is 67.7 cm³/mol. The number of aromatic nitrogens is 2. The molecule has 2 aromatic rings. The molecule has 0 radical (unpaired) electrons. The first-order valence-corrected chi connectivity index (χ1v) is 5.62. The SMILES string of the molecule is Cc1cccc(-n2cc(I)cn2)c1[N+](=O)[O-]. The number of hydrogen-bond acceptors (Lipinski definition) is 3. The summed E-state index contributed by atoms with van der Waals surface area (Å²) in [5, 5.41) is 15.1. The van der Waals surface area contributed by atoms with Gasteiger partial charge in [-0.1, -0.05) is 12.1 Å². The maximum absolute atomic E-state index is 11.0. The third kappa shape index (κ3) is 1.92. The minimum Gasteiger partial charge on any atom is -0.258 e. The van der Waals surface area contributed by atoms with E-state index in [9.17, 15) is 10.1 Å². The molecule has 1 aromatic heterocycles. The minimum atomic E-state index is -0.376. The maximum atomic E-state index is 11.0. The van der Waals surface area contributed by atoms with E-state index in [2.05, 4.69) is 27.7 Å². The number of rotatable bonds is 2. The fourth-order valence-corrected chi connectivity index (χ4v) is 1.89. The molecule has 1 heterocycles. The molecular weight excluding hydrogens is 321 g/mol. The molecule has 2 rings (SSSR count). The van der Waals surface area contributed by atoms with Crippen LogP contribution in [0.2, 0.25) is 0 Å². The summed E-state index contributed by atoms with van der Waals surface area (Å²) in [5.74, 6) is 0. The highest BCUT2D eigenvalue weighted by Crippen LogP contribution is 2.26. The number of nitro benzene ring substituents is 1. The van der Waals surface area contributed by atoms with Crippen molar-refractivity contribution in [3.8, 4) is 5.69 Å². The van der Waals surface area contributed by atoms with Crippen molar-refractivity contribution in [2.75, 3.05) is 0 Å². The Balaban J connectivity index is 2.65. The van der Waals surface area contributed by atoms with Gasteiger partial charge in [0.25, 0.3) is 5.69 Å². The highest BCUT2D eigenvalue weighted by molar-refractivity contribution is 14.1. The molecule has 16 heavy (non-hydrogen) atoms. The van der Waals surface area contributed by atoms with E-state index in [1.54, 1.807) is 37.5 Å². The molecule has 1 aromatic carbocycles. The van der Waals surface area contributed by atoms with E-state index < -0.39 is 0 Å². The van der Waals surface area contributed by atoms with Crippen molar-refractivity contribution < 1.29 is 4.92 Å². The Labute approximate surface area is 105 Å². The van der Waals surface area contributed by atoms with Crippen LogP contribution in [0.5, 0.6) is 0 Å².